The lowest BCUT2D eigenvalue weighted by atomic mass is 9.95. The Labute approximate surface area is 250 Å². The first kappa shape index (κ1) is 33.1. The number of nitrogens with zero attached hydrogens (tertiary/aromatic N) is 4. The van der Waals surface area contributed by atoms with Crippen LogP contribution in [0.5, 0.6) is 0 Å². The van der Waals surface area contributed by atoms with Gasteiger partial charge in [-0.2, -0.15) is 22.0 Å². The number of anilines is 1. The highest BCUT2D eigenvalue weighted by Crippen LogP contribution is 2.36. The lowest BCUT2D eigenvalue weighted by Gasteiger charge is -2.25. The third-order valence-corrected chi connectivity index (χ3v) is 8.87. The number of aliphatic hydroxyl groups is 1. The minimum Gasteiger partial charge on any atom is -0.394 e. The molecule has 1 aromatic carbocycles. The smallest absolute Gasteiger partial charge is 0.394 e. The van der Waals surface area contributed by atoms with Gasteiger partial charge in [0.2, 0.25) is 5.95 Å². The van der Waals surface area contributed by atoms with Crippen LogP contribution in [-0.4, -0.2) is 72.0 Å². The molecule has 1 unspecified atom stereocenters. The van der Waals surface area contributed by atoms with Crippen molar-refractivity contribution in [1.82, 2.24) is 20.3 Å². The molecule has 1 amide bonds. The van der Waals surface area contributed by atoms with Crippen LogP contribution in [0.15, 0.2) is 59.9 Å². The second-order valence-corrected chi connectivity index (χ2v) is 12.6. The summed E-state index contributed by atoms with van der Waals surface area (Å²) >= 11 is 0. The SMILES string of the molecule is CCS(=O)(=O)c1ccc([C@H](CO)NC(=O)c2cnc(N3CC(c4ccc(C(F)(F)F)cc4)C[C@H]3COC(C)(F)F)nc2)nc1. The summed E-state index contributed by atoms with van der Waals surface area (Å²) in [5, 5.41) is 12.4. The van der Waals surface area contributed by atoms with Crippen LogP contribution in [0.2, 0.25) is 0 Å². The molecule has 3 atom stereocenters. The molecule has 1 aliphatic heterocycles. The summed E-state index contributed by atoms with van der Waals surface area (Å²) in [6, 6.07) is 5.72. The molecule has 0 spiro atoms. The molecule has 0 bridgehead atoms. The van der Waals surface area contributed by atoms with Gasteiger partial charge in [-0.1, -0.05) is 19.1 Å². The molecule has 44 heavy (non-hydrogen) atoms. The molecule has 0 aliphatic carbocycles. The van der Waals surface area contributed by atoms with Crippen LogP contribution in [0, 0.1) is 0 Å². The summed E-state index contributed by atoms with van der Waals surface area (Å²) in [6.45, 7) is 1.34. The van der Waals surface area contributed by atoms with Crippen molar-refractivity contribution >= 4 is 21.7 Å². The number of benzene rings is 1. The number of ether oxygens (including phenoxy) is 1. The normalized spacial score (nSPS) is 18.3. The van der Waals surface area contributed by atoms with Gasteiger partial charge in [0.25, 0.3) is 5.91 Å². The van der Waals surface area contributed by atoms with E-state index in [1.54, 1.807) is 4.90 Å². The van der Waals surface area contributed by atoms with E-state index in [-0.39, 0.29) is 46.7 Å². The zero-order chi connectivity index (χ0) is 32.3. The summed E-state index contributed by atoms with van der Waals surface area (Å²) < 4.78 is 94.8. The number of aromatic nitrogens is 3. The summed E-state index contributed by atoms with van der Waals surface area (Å²) in [5.41, 5.74) is -0.00707. The number of alkyl halides is 5. The first-order valence-electron chi connectivity index (χ1n) is 13.5. The fourth-order valence-electron chi connectivity index (χ4n) is 4.74. The van der Waals surface area contributed by atoms with E-state index in [0.717, 1.165) is 18.3 Å². The van der Waals surface area contributed by atoms with E-state index in [1.807, 2.05) is 0 Å². The number of rotatable bonds is 11. The molecule has 0 radical (unpaired) electrons. The number of carbonyl (C=O) groups excluding carboxylic acids is 1. The van der Waals surface area contributed by atoms with Crippen LogP contribution < -0.4 is 10.2 Å². The Balaban J connectivity index is 1.49. The lowest BCUT2D eigenvalue weighted by Crippen LogP contribution is -2.37. The minimum atomic E-state index is -4.50. The number of halogens is 5. The first-order valence-corrected chi connectivity index (χ1v) is 15.1. The highest BCUT2D eigenvalue weighted by atomic mass is 32.2. The van der Waals surface area contributed by atoms with Gasteiger partial charge >= 0.3 is 12.3 Å². The summed E-state index contributed by atoms with van der Waals surface area (Å²) in [5.74, 6) is -1.02. The summed E-state index contributed by atoms with van der Waals surface area (Å²) in [6.07, 6.45) is -4.09. The van der Waals surface area contributed by atoms with Gasteiger partial charge < -0.3 is 20.1 Å². The van der Waals surface area contributed by atoms with Gasteiger partial charge in [-0.3, -0.25) is 9.78 Å². The number of hydrogen-bond acceptors (Lipinski definition) is 9. The topological polar surface area (TPSA) is 135 Å². The Bertz CT molecular complexity index is 1530. The lowest BCUT2D eigenvalue weighted by molar-refractivity contribution is -0.225. The second kappa shape index (κ2) is 13.1. The number of pyridine rings is 1. The Kier molecular flexibility index (Phi) is 9.85. The number of hydrogen-bond donors (Lipinski definition) is 2. The first-order chi connectivity index (χ1) is 20.6. The maximum absolute atomic E-state index is 13.5. The Morgan fingerprint density at radius 3 is 2.25 bits per heavy atom. The van der Waals surface area contributed by atoms with E-state index in [9.17, 15) is 40.3 Å². The van der Waals surface area contributed by atoms with Gasteiger partial charge in [-0.15, -0.1) is 0 Å². The monoisotopic (exact) mass is 643 g/mol. The van der Waals surface area contributed by atoms with Crippen LogP contribution in [0.25, 0.3) is 0 Å². The van der Waals surface area contributed by atoms with Crippen molar-refractivity contribution in [3.8, 4) is 0 Å². The maximum atomic E-state index is 13.5. The van der Waals surface area contributed by atoms with Crippen molar-refractivity contribution in [2.75, 3.05) is 30.4 Å². The van der Waals surface area contributed by atoms with Crippen LogP contribution >= 0.6 is 0 Å². The fourth-order valence-corrected chi connectivity index (χ4v) is 5.56. The van der Waals surface area contributed by atoms with Crippen molar-refractivity contribution in [2.45, 2.75) is 55.5 Å². The molecule has 1 fully saturated rings. The average molecular weight is 644 g/mol. The highest BCUT2D eigenvalue weighted by Gasteiger charge is 2.37. The largest absolute Gasteiger partial charge is 0.416 e. The van der Waals surface area contributed by atoms with E-state index in [0.29, 0.717) is 12.5 Å². The van der Waals surface area contributed by atoms with Gasteiger partial charge in [0.05, 0.1) is 52.8 Å². The number of carbonyl (C=O) groups is 1. The van der Waals surface area contributed by atoms with Gasteiger partial charge in [0, 0.05) is 38.0 Å². The summed E-state index contributed by atoms with van der Waals surface area (Å²) in [4.78, 5) is 27.0. The Hall–Kier alpha value is -3.76. The third-order valence-electron chi connectivity index (χ3n) is 7.15. The number of aliphatic hydroxyl groups excluding tert-OH is 1. The molecule has 1 saturated heterocycles. The molecule has 2 N–H and O–H groups in total. The van der Waals surface area contributed by atoms with Crippen LogP contribution in [0.1, 0.15) is 59.4 Å². The Morgan fingerprint density at radius 1 is 1.07 bits per heavy atom. The molecule has 238 valence electrons. The molecule has 0 saturated carbocycles. The van der Waals surface area contributed by atoms with E-state index in [1.165, 1.54) is 43.6 Å². The van der Waals surface area contributed by atoms with E-state index < -0.39 is 58.9 Å². The van der Waals surface area contributed by atoms with Gasteiger partial charge in [0.15, 0.2) is 9.84 Å². The zero-order valence-corrected chi connectivity index (χ0v) is 24.4. The molecule has 3 aromatic rings. The van der Waals surface area contributed by atoms with Crippen molar-refractivity contribution in [3.63, 3.8) is 0 Å². The van der Waals surface area contributed by atoms with E-state index >= 15 is 0 Å². The van der Waals surface area contributed by atoms with E-state index in [2.05, 4.69) is 20.3 Å². The molecular formula is C28H30F5N5O5S. The number of nitrogens with one attached hydrogen (secondary N) is 1. The maximum Gasteiger partial charge on any atom is 0.416 e. The zero-order valence-electron chi connectivity index (χ0n) is 23.6. The van der Waals surface area contributed by atoms with Crippen LogP contribution in [0.4, 0.5) is 27.9 Å². The van der Waals surface area contributed by atoms with Crippen molar-refractivity contribution in [1.29, 1.82) is 0 Å². The molecular weight excluding hydrogens is 613 g/mol. The van der Waals surface area contributed by atoms with Crippen molar-refractivity contribution in [2.24, 2.45) is 0 Å². The molecule has 4 rings (SSSR count). The molecule has 1 aliphatic rings. The van der Waals surface area contributed by atoms with Crippen molar-refractivity contribution < 1.29 is 45.0 Å². The molecule has 3 heterocycles. The molecule has 2 aromatic heterocycles. The standard InChI is InChI=1S/C28H30F5N5O5S/c1-3-44(41,42)22-8-9-23(34-13-22)24(15-39)37-25(40)19-11-35-26(36-12-19)38-14-18(10-21(38)16-43-27(2,29)30)17-4-6-20(7-5-17)28(31,32)33/h4-9,11-13,18,21,24,39H,3,10,14-16H2,1-2H3,(H,37,40)/t18?,21-,24-/m0/s1. The number of sulfone groups is 1. The van der Waals surface area contributed by atoms with Gasteiger partial charge in [-0.25, -0.2) is 18.4 Å². The highest BCUT2D eigenvalue weighted by molar-refractivity contribution is 7.91. The minimum absolute atomic E-state index is 0.00348. The average Bonchev–Trinajstić information content (AvgIpc) is 3.42. The van der Waals surface area contributed by atoms with Crippen molar-refractivity contribution in [3.05, 3.63) is 77.4 Å². The second-order valence-electron chi connectivity index (χ2n) is 10.3. The quantitative estimate of drug-likeness (QED) is 0.296. The number of amides is 1. The fraction of sp³-hybridized carbons (Fsp3) is 0.429. The van der Waals surface area contributed by atoms with E-state index in [4.69, 9.17) is 4.74 Å². The predicted octanol–water partition coefficient (Wildman–Crippen LogP) is 4.14. The van der Waals surface area contributed by atoms with Crippen LogP contribution in [-0.2, 0) is 20.8 Å². The Morgan fingerprint density at radius 2 is 1.73 bits per heavy atom. The summed E-state index contributed by atoms with van der Waals surface area (Å²) in [7, 11) is -3.49. The molecule has 10 nitrogen and oxygen atoms in total. The molecule has 16 heteroatoms. The van der Waals surface area contributed by atoms with Gasteiger partial charge in [0.1, 0.15) is 0 Å². The van der Waals surface area contributed by atoms with Gasteiger partial charge in [-0.05, 0) is 36.2 Å². The third kappa shape index (κ3) is 8.04. The predicted molar refractivity (Wildman–Crippen MR) is 148 cm³/mol. The van der Waals surface area contributed by atoms with Crippen LogP contribution in [0.3, 0.4) is 0 Å².